The summed E-state index contributed by atoms with van der Waals surface area (Å²) in [5.74, 6) is -0.436. The Labute approximate surface area is 198 Å². The monoisotopic (exact) mass is 477 g/mol. The maximum atomic E-state index is 14.5. The number of pyridine rings is 1. The molecule has 1 aromatic heterocycles. The number of alkyl carbamates (subject to hydrolysis) is 1. The van der Waals surface area contributed by atoms with E-state index in [9.17, 15) is 14.0 Å². The number of ether oxygens (including phenoxy) is 2. The van der Waals surface area contributed by atoms with E-state index in [-0.39, 0.29) is 29.2 Å². The van der Waals surface area contributed by atoms with Crippen molar-refractivity contribution in [3.63, 3.8) is 0 Å². The van der Waals surface area contributed by atoms with Gasteiger partial charge in [-0.3, -0.25) is 4.79 Å². The Morgan fingerprint density at radius 1 is 1.18 bits per heavy atom. The summed E-state index contributed by atoms with van der Waals surface area (Å²) < 4.78 is 25.2. The smallest absolute Gasteiger partial charge is 0.407 e. The van der Waals surface area contributed by atoms with E-state index in [1.165, 1.54) is 13.2 Å². The molecular formula is C24H29ClFN3O4. The molecule has 0 radical (unpaired) electrons. The molecule has 1 heterocycles. The van der Waals surface area contributed by atoms with Crippen molar-refractivity contribution in [2.75, 3.05) is 12.4 Å². The number of aromatic nitrogens is 1. The van der Waals surface area contributed by atoms with Gasteiger partial charge in [0.25, 0.3) is 0 Å². The Kier molecular flexibility index (Phi) is 7.79. The van der Waals surface area contributed by atoms with E-state index in [1.807, 2.05) is 0 Å². The standard InChI is InChI=1S/C24H29ClFN3O4/c1-24(2,3)33-23(31)28-16-7-5-6-14(10-16)22(30)29-21-12-18(19(26)13-27-21)17-9-8-15(25)11-20(17)32-4/h8-9,11-14,16H,5-7,10H2,1-4H3,(H,28,31)(H,27,29,30)/t14-,16+/m0/s1. The zero-order chi connectivity index (χ0) is 24.2. The predicted octanol–water partition coefficient (Wildman–Crippen LogP) is 5.57. The van der Waals surface area contributed by atoms with Crippen LogP contribution >= 0.6 is 11.6 Å². The minimum Gasteiger partial charge on any atom is -0.496 e. The zero-order valence-electron chi connectivity index (χ0n) is 19.2. The third-order valence-corrected chi connectivity index (χ3v) is 5.56. The molecule has 1 aliphatic rings. The van der Waals surface area contributed by atoms with Crippen LogP contribution < -0.4 is 15.4 Å². The highest BCUT2D eigenvalue weighted by Crippen LogP contribution is 2.35. The van der Waals surface area contributed by atoms with Crippen LogP contribution in [-0.4, -0.2) is 35.7 Å². The molecule has 2 atom stereocenters. The molecule has 7 nitrogen and oxygen atoms in total. The van der Waals surface area contributed by atoms with Crippen LogP contribution in [0.1, 0.15) is 46.5 Å². The van der Waals surface area contributed by atoms with Crippen molar-refractivity contribution < 1.29 is 23.5 Å². The number of benzene rings is 1. The van der Waals surface area contributed by atoms with Gasteiger partial charge in [-0.1, -0.05) is 18.0 Å². The Morgan fingerprint density at radius 2 is 1.94 bits per heavy atom. The number of methoxy groups -OCH3 is 1. The maximum Gasteiger partial charge on any atom is 0.407 e. The Bertz CT molecular complexity index is 1030. The lowest BCUT2D eigenvalue weighted by Crippen LogP contribution is -2.43. The number of hydrogen-bond donors (Lipinski definition) is 2. The molecule has 0 spiro atoms. The van der Waals surface area contributed by atoms with Gasteiger partial charge in [-0.25, -0.2) is 14.2 Å². The van der Waals surface area contributed by atoms with Crippen LogP contribution in [0.3, 0.4) is 0 Å². The van der Waals surface area contributed by atoms with Crippen LogP contribution in [0.15, 0.2) is 30.5 Å². The Morgan fingerprint density at radius 3 is 2.64 bits per heavy atom. The first kappa shape index (κ1) is 24.8. The van der Waals surface area contributed by atoms with Gasteiger partial charge < -0.3 is 20.1 Å². The van der Waals surface area contributed by atoms with E-state index in [4.69, 9.17) is 21.1 Å². The van der Waals surface area contributed by atoms with Crippen molar-refractivity contribution in [3.05, 3.63) is 41.3 Å². The molecule has 2 N–H and O–H groups in total. The Balaban J connectivity index is 1.69. The van der Waals surface area contributed by atoms with Crippen LogP contribution in [-0.2, 0) is 9.53 Å². The zero-order valence-corrected chi connectivity index (χ0v) is 20.0. The van der Waals surface area contributed by atoms with Crippen molar-refractivity contribution in [2.24, 2.45) is 5.92 Å². The topological polar surface area (TPSA) is 89.6 Å². The van der Waals surface area contributed by atoms with Crippen LogP contribution in [0, 0.1) is 11.7 Å². The molecular weight excluding hydrogens is 449 g/mol. The normalized spacial score (nSPS) is 18.4. The minimum absolute atomic E-state index is 0.153. The van der Waals surface area contributed by atoms with E-state index < -0.39 is 17.5 Å². The summed E-state index contributed by atoms with van der Waals surface area (Å²) in [4.78, 5) is 29.0. The molecule has 33 heavy (non-hydrogen) atoms. The number of halogens is 2. The molecule has 1 saturated carbocycles. The first-order valence-corrected chi connectivity index (χ1v) is 11.2. The third kappa shape index (κ3) is 6.81. The molecule has 3 rings (SSSR count). The molecule has 0 saturated heterocycles. The molecule has 2 amide bonds. The van der Waals surface area contributed by atoms with Crippen molar-refractivity contribution in [1.82, 2.24) is 10.3 Å². The van der Waals surface area contributed by atoms with Gasteiger partial charge in [0.2, 0.25) is 5.91 Å². The van der Waals surface area contributed by atoms with Gasteiger partial charge >= 0.3 is 6.09 Å². The maximum absolute atomic E-state index is 14.5. The van der Waals surface area contributed by atoms with Crippen molar-refractivity contribution >= 4 is 29.4 Å². The van der Waals surface area contributed by atoms with Crippen molar-refractivity contribution in [3.8, 4) is 16.9 Å². The van der Waals surface area contributed by atoms with E-state index in [0.29, 0.717) is 29.2 Å². The van der Waals surface area contributed by atoms with Gasteiger partial charge in [0.1, 0.15) is 23.0 Å². The fourth-order valence-electron chi connectivity index (χ4n) is 3.86. The number of nitrogens with one attached hydrogen (secondary N) is 2. The number of amides is 2. The minimum atomic E-state index is -0.589. The van der Waals surface area contributed by atoms with Crippen molar-refractivity contribution in [2.45, 2.75) is 58.1 Å². The van der Waals surface area contributed by atoms with Gasteiger partial charge in [0, 0.05) is 28.1 Å². The second-order valence-electron chi connectivity index (χ2n) is 9.09. The quantitative estimate of drug-likeness (QED) is 0.587. The highest BCUT2D eigenvalue weighted by atomic mass is 35.5. The predicted molar refractivity (Wildman–Crippen MR) is 125 cm³/mol. The fourth-order valence-corrected chi connectivity index (χ4v) is 4.02. The number of nitrogens with zero attached hydrogens (tertiary/aromatic N) is 1. The van der Waals surface area contributed by atoms with Crippen LogP contribution in [0.4, 0.5) is 15.0 Å². The van der Waals surface area contributed by atoms with Gasteiger partial charge in [0.15, 0.2) is 0 Å². The fraction of sp³-hybridized carbons (Fsp3) is 0.458. The number of anilines is 1. The summed E-state index contributed by atoms with van der Waals surface area (Å²) in [5.41, 5.74) is 0.146. The van der Waals surface area contributed by atoms with Gasteiger partial charge in [-0.2, -0.15) is 0 Å². The van der Waals surface area contributed by atoms with Gasteiger partial charge in [-0.05, 0) is 64.3 Å². The van der Waals surface area contributed by atoms with E-state index >= 15 is 0 Å². The highest BCUT2D eigenvalue weighted by Gasteiger charge is 2.29. The lowest BCUT2D eigenvalue weighted by molar-refractivity contribution is -0.121. The Hall–Kier alpha value is -2.87. The molecule has 2 aromatic rings. The average molecular weight is 478 g/mol. The number of rotatable bonds is 5. The first-order valence-electron chi connectivity index (χ1n) is 10.9. The molecule has 1 aliphatic carbocycles. The highest BCUT2D eigenvalue weighted by molar-refractivity contribution is 6.30. The molecule has 0 unspecified atom stereocenters. The number of carbonyl (C=O) groups is 2. The summed E-state index contributed by atoms with van der Waals surface area (Å²) in [5, 5.41) is 6.09. The van der Waals surface area contributed by atoms with E-state index in [1.54, 1.807) is 39.0 Å². The van der Waals surface area contributed by atoms with E-state index in [2.05, 4.69) is 15.6 Å². The number of carbonyl (C=O) groups excluding carboxylic acids is 2. The third-order valence-electron chi connectivity index (χ3n) is 5.33. The molecule has 178 valence electrons. The van der Waals surface area contributed by atoms with Crippen LogP contribution in [0.2, 0.25) is 5.02 Å². The second kappa shape index (κ2) is 10.4. The molecule has 0 aliphatic heterocycles. The van der Waals surface area contributed by atoms with Crippen LogP contribution in [0.25, 0.3) is 11.1 Å². The van der Waals surface area contributed by atoms with Crippen molar-refractivity contribution in [1.29, 1.82) is 0 Å². The summed E-state index contributed by atoms with van der Waals surface area (Å²) in [7, 11) is 1.47. The summed E-state index contributed by atoms with van der Waals surface area (Å²) in [6.45, 7) is 5.40. The molecule has 1 aromatic carbocycles. The second-order valence-corrected chi connectivity index (χ2v) is 9.53. The average Bonchev–Trinajstić information content (AvgIpc) is 2.74. The van der Waals surface area contributed by atoms with E-state index in [0.717, 1.165) is 19.0 Å². The summed E-state index contributed by atoms with van der Waals surface area (Å²) >= 11 is 6.01. The SMILES string of the molecule is COc1cc(Cl)ccc1-c1cc(NC(=O)[C@H]2CCC[C@@H](NC(=O)OC(C)(C)C)C2)ncc1F. The summed E-state index contributed by atoms with van der Waals surface area (Å²) in [6.07, 6.45) is 3.32. The summed E-state index contributed by atoms with van der Waals surface area (Å²) in [6, 6.07) is 6.20. The largest absolute Gasteiger partial charge is 0.496 e. The van der Waals surface area contributed by atoms with Gasteiger partial charge in [-0.15, -0.1) is 0 Å². The lowest BCUT2D eigenvalue weighted by atomic mass is 9.85. The first-order chi connectivity index (χ1) is 15.6. The van der Waals surface area contributed by atoms with Crippen LogP contribution in [0.5, 0.6) is 5.75 Å². The molecule has 1 fully saturated rings. The molecule has 0 bridgehead atoms. The van der Waals surface area contributed by atoms with Gasteiger partial charge in [0.05, 0.1) is 13.3 Å². The number of hydrogen-bond acceptors (Lipinski definition) is 5. The lowest BCUT2D eigenvalue weighted by Gasteiger charge is -2.30. The molecule has 9 heteroatoms.